The van der Waals surface area contributed by atoms with Crippen LogP contribution in [-0.2, 0) is 14.4 Å². The molecule has 3 atom stereocenters. The van der Waals surface area contributed by atoms with E-state index in [4.69, 9.17) is 0 Å². The van der Waals surface area contributed by atoms with E-state index in [1.54, 1.807) is 21.6 Å². The number of hydrogen-bond acceptors (Lipinski definition) is 6. The van der Waals surface area contributed by atoms with Gasteiger partial charge in [-0.25, -0.2) is 4.79 Å². The van der Waals surface area contributed by atoms with Crippen molar-refractivity contribution in [3.05, 3.63) is 0 Å². The Balaban J connectivity index is 1.72. The lowest BCUT2D eigenvalue weighted by Gasteiger charge is -2.42. The van der Waals surface area contributed by atoms with Gasteiger partial charge in [0, 0.05) is 37.3 Å². The second-order valence-corrected chi connectivity index (χ2v) is 8.89. The SMILES string of the molecule is CC(C)NC(=O)N1CCN(C(=O)[C@@H]2CSCN2)[C@@H](C(=O)N[C@H]2CCCNC2=O)C1. The number of rotatable bonds is 4. The van der Waals surface area contributed by atoms with Gasteiger partial charge in [-0.05, 0) is 26.7 Å². The number of piperazine rings is 1. The fraction of sp³-hybridized carbons (Fsp3) is 0.778. The van der Waals surface area contributed by atoms with Crippen LogP contribution in [-0.4, -0.2) is 95.5 Å². The highest BCUT2D eigenvalue weighted by atomic mass is 32.2. The predicted molar refractivity (Wildman–Crippen MR) is 109 cm³/mol. The number of nitrogens with one attached hydrogen (secondary N) is 4. The van der Waals surface area contributed by atoms with Crippen molar-refractivity contribution in [2.24, 2.45) is 0 Å². The number of thioether (sulfide) groups is 1. The molecule has 0 aromatic rings. The first kappa shape index (κ1) is 21.7. The molecule has 3 rings (SSSR count). The minimum Gasteiger partial charge on any atom is -0.354 e. The van der Waals surface area contributed by atoms with Crippen molar-refractivity contribution in [3.8, 4) is 0 Å². The van der Waals surface area contributed by atoms with E-state index >= 15 is 0 Å². The molecule has 0 radical (unpaired) electrons. The topological polar surface area (TPSA) is 123 Å². The van der Waals surface area contributed by atoms with Crippen LogP contribution in [0.4, 0.5) is 4.79 Å². The van der Waals surface area contributed by atoms with Crippen LogP contribution in [0, 0.1) is 0 Å². The molecule has 11 heteroatoms. The summed E-state index contributed by atoms with van der Waals surface area (Å²) in [5.74, 6) is 0.625. The smallest absolute Gasteiger partial charge is 0.317 e. The Morgan fingerprint density at radius 2 is 2.03 bits per heavy atom. The molecule has 0 aromatic heterocycles. The monoisotopic (exact) mass is 426 g/mol. The van der Waals surface area contributed by atoms with Gasteiger partial charge in [0.05, 0.1) is 12.6 Å². The fourth-order valence-corrected chi connectivity index (χ4v) is 4.66. The van der Waals surface area contributed by atoms with Crippen molar-refractivity contribution >= 4 is 35.5 Å². The molecule has 0 bridgehead atoms. The molecule has 4 N–H and O–H groups in total. The van der Waals surface area contributed by atoms with Gasteiger partial charge in [0.2, 0.25) is 17.7 Å². The van der Waals surface area contributed by atoms with E-state index in [-0.39, 0.29) is 43.0 Å². The van der Waals surface area contributed by atoms with Crippen molar-refractivity contribution in [2.75, 3.05) is 37.8 Å². The summed E-state index contributed by atoms with van der Waals surface area (Å²) in [5, 5.41) is 11.5. The van der Waals surface area contributed by atoms with Crippen LogP contribution in [0.15, 0.2) is 0 Å². The number of amides is 5. The number of urea groups is 1. The highest BCUT2D eigenvalue weighted by Crippen LogP contribution is 2.18. The first-order chi connectivity index (χ1) is 13.9. The van der Waals surface area contributed by atoms with Gasteiger partial charge in [-0.1, -0.05) is 0 Å². The van der Waals surface area contributed by atoms with Crippen LogP contribution in [0.25, 0.3) is 0 Å². The Bertz CT molecular complexity index is 654. The maximum Gasteiger partial charge on any atom is 0.317 e. The van der Waals surface area contributed by atoms with Crippen molar-refractivity contribution in [1.82, 2.24) is 31.1 Å². The Labute approximate surface area is 174 Å². The number of nitrogens with zero attached hydrogens (tertiary/aromatic N) is 2. The van der Waals surface area contributed by atoms with Gasteiger partial charge in [0.15, 0.2) is 0 Å². The molecule has 0 saturated carbocycles. The number of carbonyl (C=O) groups is 4. The number of hydrogen-bond donors (Lipinski definition) is 4. The van der Waals surface area contributed by atoms with Crippen LogP contribution in [0.1, 0.15) is 26.7 Å². The molecule has 3 aliphatic heterocycles. The van der Waals surface area contributed by atoms with Crippen molar-refractivity contribution in [1.29, 1.82) is 0 Å². The molecule has 3 aliphatic rings. The van der Waals surface area contributed by atoms with E-state index < -0.39 is 18.0 Å². The summed E-state index contributed by atoms with van der Waals surface area (Å²) >= 11 is 1.64. The summed E-state index contributed by atoms with van der Waals surface area (Å²) in [6, 6.07) is -2.04. The molecule has 3 heterocycles. The maximum atomic E-state index is 13.1. The van der Waals surface area contributed by atoms with Crippen molar-refractivity contribution in [3.63, 3.8) is 0 Å². The van der Waals surface area contributed by atoms with Gasteiger partial charge in [0.25, 0.3) is 0 Å². The third-order valence-electron chi connectivity index (χ3n) is 5.28. The van der Waals surface area contributed by atoms with Crippen LogP contribution in [0.5, 0.6) is 0 Å². The maximum absolute atomic E-state index is 13.1. The summed E-state index contributed by atoms with van der Waals surface area (Å²) in [4.78, 5) is 53.7. The minimum absolute atomic E-state index is 0.0277. The largest absolute Gasteiger partial charge is 0.354 e. The quantitative estimate of drug-likeness (QED) is 0.442. The van der Waals surface area contributed by atoms with Crippen molar-refractivity contribution in [2.45, 2.75) is 50.9 Å². The minimum atomic E-state index is -0.823. The normalized spacial score (nSPS) is 27.6. The molecule has 29 heavy (non-hydrogen) atoms. The van der Waals surface area contributed by atoms with Gasteiger partial charge in [-0.3, -0.25) is 19.7 Å². The van der Waals surface area contributed by atoms with Gasteiger partial charge < -0.3 is 25.8 Å². The Morgan fingerprint density at radius 1 is 1.24 bits per heavy atom. The van der Waals surface area contributed by atoms with Gasteiger partial charge >= 0.3 is 6.03 Å². The van der Waals surface area contributed by atoms with Crippen LogP contribution >= 0.6 is 11.8 Å². The zero-order valence-corrected chi connectivity index (χ0v) is 17.7. The highest BCUT2D eigenvalue weighted by molar-refractivity contribution is 7.99. The first-order valence-corrected chi connectivity index (χ1v) is 11.3. The van der Waals surface area contributed by atoms with E-state index in [1.807, 2.05) is 13.8 Å². The average molecular weight is 427 g/mol. The molecular formula is C18H30N6O4S. The second-order valence-electron chi connectivity index (χ2n) is 7.86. The number of carbonyl (C=O) groups excluding carboxylic acids is 4. The third-order valence-corrected chi connectivity index (χ3v) is 6.22. The predicted octanol–water partition coefficient (Wildman–Crippen LogP) is -1.33. The summed E-state index contributed by atoms with van der Waals surface area (Å²) in [7, 11) is 0. The highest BCUT2D eigenvalue weighted by Gasteiger charge is 2.41. The van der Waals surface area contributed by atoms with Crippen LogP contribution in [0.2, 0.25) is 0 Å². The molecule has 0 aromatic carbocycles. The lowest BCUT2D eigenvalue weighted by atomic mass is 10.0. The van der Waals surface area contributed by atoms with E-state index in [0.717, 1.165) is 6.42 Å². The molecule has 0 aliphatic carbocycles. The van der Waals surface area contributed by atoms with Gasteiger partial charge in [0.1, 0.15) is 12.1 Å². The van der Waals surface area contributed by atoms with Crippen LogP contribution < -0.4 is 21.3 Å². The molecule has 162 valence electrons. The molecule has 3 saturated heterocycles. The second kappa shape index (κ2) is 9.66. The van der Waals surface area contributed by atoms with E-state index in [0.29, 0.717) is 31.1 Å². The zero-order chi connectivity index (χ0) is 21.0. The van der Waals surface area contributed by atoms with E-state index in [1.165, 1.54) is 0 Å². The fourth-order valence-electron chi connectivity index (χ4n) is 3.73. The molecule has 3 fully saturated rings. The van der Waals surface area contributed by atoms with Gasteiger partial charge in [-0.2, -0.15) is 0 Å². The number of piperidine rings is 1. The lowest BCUT2D eigenvalue weighted by Crippen LogP contribution is -2.66. The van der Waals surface area contributed by atoms with Crippen LogP contribution in [0.3, 0.4) is 0 Å². The first-order valence-electron chi connectivity index (χ1n) is 10.1. The van der Waals surface area contributed by atoms with Crippen molar-refractivity contribution < 1.29 is 19.2 Å². The zero-order valence-electron chi connectivity index (χ0n) is 16.9. The summed E-state index contributed by atoms with van der Waals surface area (Å²) < 4.78 is 0. The van der Waals surface area contributed by atoms with E-state index in [2.05, 4.69) is 21.3 Å². The lowest BCUT2D eigenvalue weighted by molar-refractivity contribution is -0.145. The summed E-state index contributed by atoms with van der Waals surface area (Å²) in [6.07, 6.45) is 1.35. The molecule has 0 spiro atoms. The third kappa shape index (κ3) is 5.33. The molecule has 10 nitrogen and oxygen atoms in total. The molecule has 0 unspecified atom stereocenters. The Kier molecular flexibility index (Phi) is 7.23. The van der Waals surface area contributed by atoms with Gasteiger partial charge in [-0.15, -0.1) is 11.8 Å². The summed E-state index contributed by atoms with van der Waals surface area (Å²) in [5.41, 5.74) is 0. The standard InChI is InChI=1S/C18H30N6O4S/c1-11(2)21-18(28)23-6-7-24(17(27)13-9-29-10-20-13)14(8-23)16(26)22-12-4-3-5-19-15(12)25/h11-14,20H,3-10H2,1-2H3,(H,19,25)(H,21,28)(H,22,26)/t12-,13-,14+/m0/s1. The Morgan fingerprint density at radius 3 is 2.69 bits per heavy atom. The van der Waals surface area contributed by atoms with E-state index in [9.17, 15) is 19.2 Å². The summed E-state index contributed by atoms with van der Waals surface area (Å²) in [6.45, 7) is 5.08. The average Bonchev–Trinajstić information content (AvgIpc) is 3.23. The molecule has 5 amide bonds. The Hall–Kier alpha value is -2.01. The molecular weight excluding hydrogens is 396 g/mol.